The van der Waals surface area contributed by atoms with Crippen LogP contribution in [0.15, 0.2) is 12.1 Å². The van der Waals surface area contributed by atoms with Gasteiger partial charge in [0.05, 0.1) is 10.7 Å². The fourth-order valence-electron chi connectivity index (χ4n) is 2.76. The van der Waals surface area contributed by atoms with Crippen molar-refractivity contribution in [1.29, 1.82) is 0 Å². The molecule has 1 atom stereocenters. The third-order valence-corrected chi connectivity index (χ3v) is 4.47. The fraction of sp³-hybridized carbons (Fsp3) is 0.562. The molecule has 3 rings (SSSR count). The highest BCUT2D eigenvalue weighted by atomic mass is 35.5. The van der Waals surface area contributed by atoms with Crippen LogP contribution >= 0.6 is 11.6 Å². The number of nitrogens with one attached hydrogen (secondary N) is 1. The van der Waals surface area contributed by atoms with E-state index in [2.05, 4.69) is 24.1 Å². The van der Waals surface area contributed by atoms with Crippen LogP contribution in [0, 0.1) is 5.92 Å². The van der Waals surface area contributed by atoms with E-state index in [4.69, 9.17) is 11.6 Å². The molecule has 4 nitrogen and oxygen atoms in total. The molecule has 0 saturated heterocycles. The minimum Gasteiger partial charge on any atom is -0.378 e. The zero-order valence-corrected chi connectivity index (χ0v) is 13.2. The number of hydrogen-bond acceptors (Lipinski definition) is 3. The number of halogens is 1. The van der Waals surface area contributed by atoms with Gasteiger partial charge in [-0.15, -0.1) is 0 Å². The molecule has 1 aromatic carbocycles. The number of amides is 1. The first-order valence-corrected chi connectivity index (χ1v) is 7.94. The van der Waals surface area contributed by atoms with Gasteiger partial charge < -0.3 is 15.3 Å². The molecule has 1 aliphatic carbocycles. The normalized spacial score (nSPS) is 20.6. The molecule has 0 spiro atoms. The maximum Gasteiger partial charge on any atom is 0.257 e. The highest BCUT2D eigenvalue weighted by molar-refractivity contribution is 6.33. The van der Waals surface area contributed by atoms with Crippen molar-refractivity contribution in [3.63, 3.8) is 0 Å². The van der Waals surface area contributed by atoms with Gasteiger partial charge in [0.15, 0.2) is 6.10 Å². The number of fused-ring (bicyclic) bond motifs is 1. The zero-order chi connectivity index (χ0) is 15.1. The van der Waals surface area contributed by atoms with Crippen molar-refractivity contribution in [3.8, 4) is 0 Å². The Hall–Kier alpha value is -1.26. The average Bonchev–Trinajstić information content (AvgIpc) is 3.21. The second kappa shape index (κ2) is 5.50. The van der Waals surface area contributed by atoms with Crippen molar-refractivity contribution in [1.82, 2.24) is 0 Å². The van der Waals surface area contributed by atoms with Gasteiger partial charge in [-0.05, 0) is 37.3 Å². The number of carbonyl (C=O) groups excluding carboxylic acids is 1. The first-order chi connectivity index (χ1) is 9.97. The predicted octanol–water partition coefficient (Wildman–Crippen LogP) is 3.34. The van der Waals surface area contributed by atoms with Crippen molar-refractivity contribution in [2.45, 2.75) is 45.3 Å². The number of aliphatic hydroxyl groups is 1. The number of benzene rings is 1. The molecule has 1 heterocycles. The molecule has 0 radical (unpaired) electrons. The summed E-state index contributed by atoms with van der Waals surface area (Å²) in [6.07, 6.45) is 2.40. The lowest BCUT2D eigenvalue weighted by Crippen LogP contribution is -2.28. The number of aliphatic hydroxyl groups excluding tert-OH is 1. The van der Waals surface area contributed by atoms with Crippen molar-refractivity contribution in [2.24, 2.45) is 5.92 Å². The van der Waals surface area contributed by atoms with Crippen molar-refractivity contribution in [2.75, 3.05) is 16.8 Å². The molecule has 1 amide bonds. The summed E-state index contributed by atoms with van der Waals surface area (Å²) in [4.78, 5) is 13.9. The minimum atomic E-state index is -1.10. The molecule has 2 aliphatic rings. The molecule has 1 aliphatic heterocycles. The Morgan fingerprint density at radius 1 is 1.43 bits per heavy atom. The van der Waals surface area contributed by atoms with E-state index in [1.807, 2.05) is 6.07 Å². The van der Waals surface area contributed by atoms with Crippen LogP contribution in [-0.4, -0.2) is 23.6 Å². The first-order valence-electron chi connectivity index (χ1n) is 7.56. The monoisotopic (exact) mass is 308 g/mol. The average molecular weight is 309 g/mol. The maximum atomic E-state index is 11.6. The van der Waals surface area contributed by atoms with E-state index in [1.54, 1.807) is 6.07 Å². The molecule has 0 bridgehead atoms. The SMILES string of the molecule is CC(C)CCN(c1cc2c(cc1Cl)C(O)C(=O)N2)C1CC1. The number of hydrogen-bond donors (Lipinski definition) is 2. The summed E-state index contributed by atoms with van der Waals surface area (Å²) < 4.78 is 0. The molecule has 1 fully saturated rings. The molecular weight excluding hydrogens is 288 g/mol. The van der Waals surface area contributed by atoms with Crippen LogP contribution in [0.2, 0.25) is 5.02 Å². The summed E-state index contributed by atoms with van der Waals surface area (Å²) >= 11 is 6.41. The van der Waals surface area contributed by atoms with Gasteiger partial charge in [0.2, 0.25) is 0 Å². The Balaban J connectivity index is 1.90. The molecule has 0 aromatic heterocycles. The Bertz CT molecular complexity index is 570. The Morgan fingerprint density at radius 2 is 2.14 bits per heavy atom. The molecule has 1 unspecified atom stereocenters. The van der Waals surface area contributed by atoms with E-state index in [0.717, 1.165) is 18.7 Å². The second-order valence-electron chi connectivity index (χ2n) is 6.39. The van der Waals surface area contributed by atoms with Gasteiger partial charge in [-0.2, -0.15) is 0 Å². The van der Waals surface area contributed by atoms with Crippen LogP contribution < -0.4 is 10.2 Å². The van der Waals surface area contributed by atoms with Gasteiger partial charge in [0.25, 0.3) is 5.91 Å². The topological polar surface area (TPSA) is 52.6 Å². The van der Waals surface area contributed by atoms with Crippen LogP contribution in [0.5, 0.6) is 0 Å². The van der Waals surface area contributed by atoms with Crippen molar-refractivity contribution >= 4 is 28.9 Å². The Labute approximate surface area is 130 Å². The number of rotatable bonds is 5. The van der Waals surface area contributed by atoms with Crippen LogP contribution in [0.4, 0.5) is 11.4 Å². The van der Waals surface area contributed by atoms with Gasteiger partial charge in [-0.3, -0.25) is 4.79 Å². The molecule has 5 heteroatoms. The second-order valence-corrected chi connectivity index (χ2v) is 6.80. The summed E-state index contributed by atoms with van der Waals surface area (Å²) in [6, 6.07) is 4.19. The number of carbonyl (C=O) groups is 1. The standard InChI is InChI=1S/C16H21ClN2O2/c1-9(2)5-6-19(10-3-4-10)14-8-13-11(7-12(14)17)15(20)16(21)18-13/h7-10,15,20H,3-6H2,1-2H3,(H,18,21). The van der Waals surface area contributed by atoms with Crippen molar-refractivity contribution < 1.29 is 9.90 Å². The minimum absolute atomic E-state index is 0.377. The van der Waals surface area contributed by atoms with Gasteiger partial charge in [-0.1, -0.05) is 25.4 Å². The highest BCUT2D eigenvalue weighted by Gasteiger charge is 2.34. The lowest BCUT2D eigenvalue weighted by atomic mass is 10.1. The number of nitrogens with zero attached hydrogens (tertiary/aromatic N) is 1. The van der Waals surface area contributed by atoms with Gasteiger partial charge >= 0.3 is 0 Å². The third kappa shape index (κ3) is 2.87. The fourth-order valence-corrected chi connectivity index (χ4v) is 3.04. The van der Waals surface area contributed by atoms with E-state index in [1.165, 1.54) is 12.8 Å². The Kier molecular flexibility index (Phi) is 3.84. The Morgan fingerprint density at radius 3 is 2.76 bits per heavy atom. The summed E-state index contributed by atoms with van der Waals surface area (Å²) in [5.41, 5.74) is 2.23. The van der Waals surface area contributed by atoms with E-state index in [9.17, 15) is 9.90 Å². The summed E-state index contributed by atoms with van der Waals surface area (Å²) in [6.45, 7) is 5.40. The van der Waals surface area contributed by atoms with Crippen molar-refractivity contribution in [3.05, 3.63) is 22.7 Å². The quantitative estimate of drug-likeness (QED) is 0.877. The maximum absolute atomic E-state index is 11.6. The zero-order valence-electron chi connectivity index (χ0n) is 12.4. The molecule has 21 heavy (non-hydrogen) atoms. The lowest BCUT2D eigenvalue weighted by molar-refractivity contribution is -0.123. The van der Waals surface area contributed by atoms with Gasteiger partial charge in [-0.25, -0.2) is 0 Å². The van der Waals surface area contributed by atoms with E-state index < -0.39 is 6.10 Å². The summed E-state index contributed by atoms with van der Waals surface area (Å²) in [5, 5.41) is 13.1. The lowest BCUT2D eigenvalue weighted by Gasteiger charge is -2.27. The van der Waals surface area contributed by atoms with Gasteiger partial charge in [0.1, 0.15) is 0 Å². The van der Waals surface area contributed by atoms with E-state index >= 15 is 0 Å². The predicted molar refractivity (Wildman–Crippen MR) is 84.9 cm³/mol. The highest BCUT2D eigenvalue weighted by Crippen LogP contribution is 2.42. The van der Waals surface area contributed by atoms with Crippen LogP contribution in [-0.2, 0) is 4.79 Å². The summed E-state index contributed by atoms with van der Waals surface area (Å²) in [7, 11) is 0. The van der Waals surface area contributed by atoms with E-state index in [-0.39, 0.29) is 5.91 Å². The largest absolute Gasteiger partial charge is 0.378 e. The molecule has 1 saturated carbocycles. The van der Waals surface area contributed by atoms with Crippen LogP contribution in [0.1, 0.15) is 44.8 Å². The third-order valence-electron chi connectivity index (χ3n) is 4.16. The first kappa shape index (κ1) is 14.7. The van der Waals surface area contributed by atoms with Gasteiger partial charge in [0, 0.05) is 23.8 Å². The number of anilines is 2. The molecule has 2 N–H and O–H groups in total. The smallest absolute Gasteiger partial charge is 0.257 e. The van der Waals surface area contributed by atoms with Crippen LogP contribution in [0.3, 0.4) is 0 Å². The van der Waals surface area contributed by atoms with Crippen LogP contribution in [0.25, 0.3) is 0 Å². The summed E-state index contributed by atoms with van der Waals surface area (Å²) in [5.74, 6) is 0.263. The molecule has 1 aromatic rings. The molecule has 114 valence electrons. The molecular formula is C16H21ClN2O2. The van der Waals surface area contributed by atoms with E-state index in [0.29, 0.717) is 28.2 Å².